The number of hydrogen-bond acceptors (Lipinski definition) is 3. The Morgan fingerprint density at radius 3 is 3.18 bits per heavy atom. The molecule has 3 nitrogen and oxygen atoms in total. The molecule has 0 radical (unpaired) electrons. The van der Waals surface area contributed by atoms with Crippen LogP contribution in [0.5, 0.6) is 0 Å². The Morgan fingerprint density at radius 1 is 1.73 bits per heavy atom. The molecular formula is C7H8N2OS. The van der Waals surface area contributed by atoms with E-state index in [0.717, 1.165) is 18.5 Å². The van der Waals surface area contributed by atoms with Gasteiger partial charge in [-0.3, -0.25) is 9.52 Å². The summed E-state index contributed by atoms with van der Waals surface area (Å²) in [7, 11) is 0. The van der Waals surface area contributed by atoms with Crippen molar-refractivity contribution < 1.29 is 4.79 Å². The molecule has 0 saturated heterocycles. The Morgan fingerprint density at radius 2 is 2.55 bits per heavy atom. The minimum absolute atomic E-state index is 0.292. The molecule has 0 aromatic rings. The van der Waals surface area contributed by atoms with E-state index >= 15 is 0 Å². The van der Waals surface area contributed by atoms with E-state index in [1.165, 1.54) is 10.5 Å². The maximum atomic E-state index is 10.7. The van der Waals surface area contributed by atoms with Gasteiger partial charge in [-0.1, -0.05) is 0 Å². The fraction of sp³-hybridized carbons (Fsp3) is 0.286. The lowest BCUT2D eigenvalue weighted by Crippen LogP contribution is -2.14. The molecule has 1 aliphatic heterocycles. The highest BCUT2D eigenvalue weighted by Crippen LogP contribution is 2.35. The van der Waals surface area contributed by atoms with Gasteiger partial charge < -0.3 is 5.73 Å². The van der Waals surface area contributed by atoms with Gasteiger partial charge in [-0.15, -0.1) is 0 Å². The quantitative estimate of drug-likeness (QED) is 0.554. The van der Waals surface area contributed by atoms with E-state index in [4.69, 9.17) is 5.73 Å². The predicted octanol–water partition coefficient (Wildman–Crippen LogP) is 0.307. The first-order valence-electron chi connectivity index (χ1n) is 3.39. The van der Waals surface area contributed by atoms with Gasteiger partial charge in [-0.05, 0) is 23.6 Å². The standard InChI is InChI=1S/C7H8N2OS/c8-7(10)4-1-5-3-9-11-6(5)2-4/h2,9H,1,3H2,(H2,8,10). The van der Waals surface area contributed by atoms with Crippen molar-refractivity contribution >= 4 is 17.9 Å². The second-order valence-electron chi connectivity index (χ2n) is 2.60. The van der Waals surface area contributed by atoms with E-state index in [0.29, 0.717) is 0 Å². The summed E-state index contributed by atoms with van der Waals surface area (Å²) in [4.78, 5) is 11.9. The van der Waals surface area contributed by atoms with E-state index in [1.807, 2.05) is 6.08 Å². The minimum Gasteiger partial charge on any atom is -0.366 e. The van der Waals surface area contributed by atoms with Crippen LogP contribution >= 0.6 is 11.9 Å². The van der Waals surface area contributed by atoms with Gasteiger partial charge in [-0.25, -0.2) is 0 Å². The number of nitrogens with one attached hydrogen (secondary N) is 1. The molecule has 1 amide bonds. The molecule has 0 spiro atoms. The monoisotopic (exact) mass is 168 g/mol. The molecule has 1 aliphatic carbocycles. The Labute approximate surface area is 68.8 Å². The first-order valence-corrected chi connectivity index (χ1v) is 4.21. The zero-order chi connectivity index (χ0) is 7.84. The molecule has 0 aromatic carbocycles. The molecule has 0 fully saturated rings. The van der Waals surface area contributed by atoms with Crippen molar-refractivity contribution in [1.29, 1.82) is 0 Å². The zero-order valence-electron chi connectivity index (χ0n) is 5.89. The Balaban J connectivity index is 2.20. The van der Waals surface area contributed by atoms with Crippen molar-refractivity contribution in [3.05, 3.63) is 22.1 Å². The Hall–Kier alpha value is -0.740. The molecule has 0 unspecified atom stereocenters. The first kappa shape index (κ1) is 6.94. The summed E-state index contributed by atoms with van der Waals surface area (Å²) < 4.78 is 3.13. The molecule has 0 atom stereocenters. The summed E-state index contributed by atoms with van der Waals surface area (Å²) >= 11 is 1.58. The van der Waals surface area contributed by atoms with Crippen molar-refractivity contribution in [2.45, 2.75) is 6.42 Å². The molecule has 2 rings (SSSR count). The normalized spacial score (nSPS) is 22.0. The third-order valence-corrected chi connectivity index (χ3v) is 2.76. The van der Waals surface area contributed by atoms with Crippen LogP contribution in [0.25, 0.3) is 0 Å². The lowest BCUT2D eigenvalue weighted by atomic mass is 10.1. The molecule has 1 heterocycles. The summed E-state index contributed by atoms with van der Waals surface area (Å²) in [5, 5.41) is 0. The maximum Gasteiger partial charge on any atom is 0.244 e. The lowest BCUT2D eigenvalue weighted by Gasteiger charge is -1.97. The van der Waals surface area contributed by atoms with Crippen molar-refractivity contribution in [2.75, 3.05) is 6.54 Å². The van der Waals surface area contributed by atoms with Crippen LogP contribution < -0.4 is 10.5 Å². The molecule has 0 saturated carbocycles. The largest absolute Gasteiger partial charge is 0.366 e. The van der Waals surface area contributed by atoms with Gasteiger partial charge in [-0.2, -0.15) is 0 Å². The fourth-order valence-corrected chi connectivity index (χ4v) is 2.13. The van der Waals surface area contributed by atoms with Crippen LogP contribution in [0.4, 0.5) is 0 Å². The van der Waals surface area contributed by atoms with Crippen LogP contribution in [0.3, 0.4) is 0 Å². The summed E-state index contributed by atoms with van der Waals surface area (Å²) in [5.74, 6) is -0.292. The molecule has 3 N–H and O–H groups in total. The molecule has 0 aromatic heterocycles. The van der Waals surface area contributed by atoms with Crippen molar-refractivity contribution in [3.8, 4) is 0 Å². The smallest absolute Gasteiger partial charge is 0.244 e. The third kappa shape index (κ3) is 1.08. The summed E-state index contributed by atoms with van der Waals surface area (Å²) in [5.41, 5.74) is 7.17. The van der Waals surface area contributed by atoms with Gasteiger partial charge in [0.05, 0.1) is 0 Å². The van der Waals surface area contributed by atoms with E-state index < -0.39 is 0 Å². The highest BCUT2D eigenvalue weighted by Gasteiger charge is 2.22. The van der Waals surface area contributed by atoms with Gasteiger partial charge in [0, 0.05) is 23.4 Å². The topological polar surface area (TPSA) is 55.1 Å². The number of carbonyl (C=O) groups excluding carboxylic acids is 1. The molecular weight excluding hydrogens is 160 g/mol. The van der Waals surface area contributed by atoms with Crippen molar-refractivity contribution in [3.63, 3.8) is 0 Å². The van der Waals surface area contributed by atoms with Gasteiger partial charge in [0.1, 0.15) is 0 Å². The number of nitrogens with two attached hydrogens (primary N) is 1. The van der Waals surface area contributed by atoms with E-state index in [1.54, 1.807) is 11.9 Å². The second kappa shape index (κ2) is 2.39. The van der Waals surface area contributed by atoms with Gasteiger partial charge in [0.15, 0.2) is 0 Å². The van der Waals surface area contributed by atoms with Crippen LogP contribution in [0, 0.1) is 0 Å². The number of amides is 1. The maximum absolute atomic E-state index is 10.7. The average molecular weight is 168 g/mol. The van der Waals surface area contributed by atoms with E-state index in [2.05, 4.69) is 4.72 Å². The van der Waals surface area contributed by atoms with Gasteiger partial charge >= 0.3 is 0 Å². The van der Waals surface area contributed by atoms with Crippen molar-refractivity contribution in [2.24, 2.45) is 5.73 Å². The fourth-order valence-electron chi connectivity index (χ4n) is 1.24. The van der Waals surface area contributed by atoms with Crippen LogP contribution in [0.15, 0.2) is 22.1 Å². The van der Waals surface area contributed by atoms with Gasteiger partial charge in [0.2, 0.25) is 5.91 Å². The summed E-state index contributed by atoms with van der Waals surface area (Å²) in [6, 6.07) is 0. The zero-order valence-corrected chi connectivity index (χ0v) is 6.70. The summed E-state index contributed by atoms with van der Waals surface area (Å²) in [6.07, 6.45) is 2.62. The van der Waals surface area contributed by atoms with E-state index in [-0.39, 0.29) is 5.91 Å². The number of primary amides is 1. The number of rotatable bonds is 1. The lowest BCUT2D eigenvalue weighted by molar-refractivity contribution is -0.114. The molecule has 2 aliphatic rings. The molecule has 0 bridgehead atoms. The van der Waals surface area contributed by atoms with Crippen LogP contribution in [-0.4, -0.2) is 12.5 Å². The van der Waals surface area contributed by atoms with Crippen LogP contribution in [-0.2, 0) is 4.79 Å². The molecule has 4 heteroatoms. The van der Waals surface area contributed by atoms with E-state index in [9.17, 15) is 4.79 Å². The third-order valence-electron chi connectivity index (χ3n) is 1.84. The number of allylic oxidation sites excluding steroid dienone is 1. The van der Waals surface area contributed by atoms with Crippen LogP contribution in [0.1, 0.15) is 6.42 Å². The van der Waals surface area contributed by atoms with Crippen LogP contribution in [0.2, 0.25) is 0 Å². The number of hydrogen-bond donors (Lipinski definition) is 2. The molecule has 58 valence electrons. The SMILES string of the molecule is NC(=O)C1=CC2=C(CNS2)C1. The molecule has 11 heavy (non-hydrogen) atoms. The Kier molecular flexibility index (Phi) is 1.51. The summed E-state index contributed by atoms with van der Waals surface area (Å²) in [6.45, 7) is 0.882. The predicted molar refractivity (Wildman–Crippen MR) is 44.5 cm³/mol. The Bertz CT molecular complexity index is 280. The van der Waals surface area contributed by atoms with Crippen molar-refractivity contribution in [1.82, 2.24) is 4.72 Å². The highest BCUT2D eigenvalue weighted by atomic mass is 32.2. The minimum atomic E-state index is -0.292. The first-order chi connectivity index (χ1) is 5.27. The number of carbonyl (C=O) groups is 1. The van der Waals surface area contributed by atoms with Gasteiger partial charge in [0.25, 0.3) is 0 Å². The average Bonchev–Trinajstić information content (AvgIpc) is 2.40. The highest BCUT2D eigenvalue weighted by molar-refractivity contribution is 8.01. The second-order valence-corrected chi connectivity index (χ2v) is 3.53.